The zero-order valence-electron chi connectivity index (χ0n) is 12.9. The van der Waals surface area contributed by atoms with Gasteiger partial charge in [-0.25, -0.2) is 0 Å². The molecule has 1 saturated heterocycles. The first kappa shape index (κ1) is 15.0. The molecule has 2 atom stereocenters. The van der Waals surface area contributed by atoms with Crippen molar-refractivity contribution in [3.63, 3.8) is 0 Å². The Kier molecular flexibility index (Phi) is 4.19. The number of likely N-dealkylation sites (tertiary alicyclic amines) is 1. The summed E-state index contributed by atoms with van der Waals surface area (Å²) in [6.07, 6.45) is 1.73. The summed E-state index contributed by atoms with van der Waals surface area (Å²) in [6.45, 7) is 9.92. The molecule has 0 aliphatic carbocycles. The monoisotopic (exact) mass is 275 g/mol. The van der Waals surface area contributed by atoms with Gasteiger partial charge in [-0.15, -0.1) is 0 Å². The lowest BCUT2D eigenvalue weighted by molar-refractivity contribution is -0.151. The van der Waals surface area contributed by atoms with E-state index in [1.54, 1.807) is 0 Å². The second-order valence-corrected chi connectivity index (χ2v) is 6.48. The van der Waals surface area contributed by atoms with Gasteiger partial charge in [-0.1, -0.05) is 23.8 Å². The Balaban J connectivity index is 2.22. The minimum absolute atomic E-state index is 0.272. The highest BCUT2D eigenvalue weighted by atomic mass is 16.4. The van der Waals surface area contributed by atoms with Gasteiger partial charge in [0.05, 0.1) is 5.41 Å². The molecule has 110 valence electrons. The molecule has 1 heterocycles. The highest BCUT2D eigenvalue weighted by Crippen LogP contribution is 2.35. The van der Waals surface area contributed by atoms with Crippen LogP contribution in [0.5, 0.6) is 0 Å². The van der Waals surface area contributed by atoms with Gasteiger partial charge in [0.2, 0.25) is 0 Å². The van der Waals surface area contributed by atoms with E-state index in [2.05, 4.69) is 43.9 Å². The van der Waals surface area contributed by atoms with Crippen LogP contribution in [0.15, 0.2) is 18.2 Å². The summed E-state index contributed by atoms with van der Waals surface area (Å²) in [5, 5.41) is 9.44. The molecular formula is C17H25NO2. The molecule has 0 bridgehead atoms. The molecule has 1 fully saturated rings. The topological polar surface area (TPSA) is 40.5 Å². The number of hydrogen-bond donors (Lipinski definition) is 1. The van der Waals surface area contributed by atoms with Gasteiger partial charge in [-0.2, -0.15) is 0 Å². The van der Waals surface area contributed by atoms with Crippen LogP contribution < -0.4 is 0 Å². The first-order valence-electron chi connectivity index (χ1n) is 7.38. The standard InChI is InChI=1S/C17H25NO2/c1-12-6-7-13(2)15(10-12)14(3)18-9-5-8-17(4,11-18)16(19)20/h6-7,10,14H,5,8-9,11H2,1-4H3,(H,19,20). The van der Waals surface area contributed by atoms with Crippen molar-refractivity contribution in [2.45, 2.75) is 46.6 Å². The van der Waals surface area contributed by atoms with E-state index < -0.39 is 11.4 Å². The maximum atomic E-state index is 11.5. The summed E-state index contributed by atoms with van der Waals surface area (Å²) in [7, 11) is 0. The van der Waals surface area contributed by atoms with Crippen LogP contribution in [0.25, 0.3) is 0 Å². The van der Waals surface area contributed by atoms with Crippen LogP contribution in [0.3, 0.4) is 0 Å². The molecule has 0 saturated carbocycles. The molecule has 20 heavy (non-hydrogen) atoms. The van der Waals surface area contributed by atoms with Crippen LogP contribution in [0.2, 0.25) is 0 Å². The van der Waals surface area contributed by atoms with Gasteiger partial charge in [0.1, 0.15) is 0 Å². The van der Waals surface area contributed by atoms with E-state index in [9.17, 15) is 9.90 Å². The maximum absolute atomic E-state index is 11.5. The van der Waals surface area contributed by atoms with E-state index in [1.807, 2.05) is 6.92 Å². The molecule has 2 rings (SSSR count). The minimum atomic E-state index is -0.671. The summed E-state index contributed by atoms with van der Waals surface area (Å²) in [6, 6.07) is 6.78. The zero-order valence-corrected chi connectivity index (χ0v) is 12.9. The lowest BCUT2D eigenvalue weighted by Gasteiger charge is -2.41. The van der Waals surface area contributed by atoms with Gasteiger partial charge >= 0.3 is 5.97 Å². The van der Waals surface area contributed by atoms with Crippen molar-refractivity contribution < 1.29 is 9.90 Å². The third kappa shape index (κ3) is 2.88. The summed E-state index contributed by atoms with van der Waals surface area (Å²) in [5.74, 6) is -0.671. The Morgan fingerprint density at radius 1 is 1.40 bits per heavy atom. The lowest BCUT2D eigenvalue weighted by Crippen LogP contribution is -2.46. The fraction of sp³-hybridized carbons (Fsp3) is 0.588. The van der Waals surface area contributed by atoms with Crippen molar-refractivity contribution in [2.24, 2.45) is 5.41 Å². The number of aryl methyl sites for hydroxylation is 2. The van der Waals surface area contributed by atoms with E-state index >= 15 is 0 Å². The first-order valence-corrected chi connectivity index (χ1v) is 7.38. The van der Waals surface area contributed by atoms with Crippen LogP contribution >= 0.6 is 0 Å². The lowest BCUT2D eigenvalue weighted by atomic mass is 9.81. The molecule has 2 unspecified atom stereocenters. The minimum Gasteiger partial charge on any atom is -0.481 e. The van der Waals surface area contributed by atoms with Crippen LogP contribution in [-0.4, -0.2) is 29.1 Å². The normalized spacial score (nSPS) is 25.4. The molecule has 3 nitrogen and oxygen atoms in total. The molecule has 1 N–H and O–H groups in total. The van der Waals surface area contributed by atoms with Crippen molar-refractivity contribution >= 4 is 5.97 Å². The van der Waals surface area contributed by atoms with E-state index in [4.69, 9.17) is 0 Å². The molecule has 1 aliphatic heterocycles. The number of carbonyl (C=O) groups is 1. The molecule has 0 amide bonds. The Bertz CT molecular complexity index is 512. The second-order valence-electron chi connectivity index (χ2n) is 6.48. The molecule has 1 aromatic carbocycles. The number of carboxylic acid groups (broad SMARTS) is 1. The Hall–Kier alpha value is -1.35. The molecule has 1 aliphatic rings. The quantitative estimate of drug-likeness (QED) is 0.917. The smallest absolute Gasteiger partial charge is 0.310 e. The van der Waals surface area contributed by atoms with Crippen molar-refractivity contribution in [2.75, 3.05) is 13.1 Å². The molecule has 0 radical (unpaired) electrons. The third-order valence-electron chi connectivity index (χ3n) is 4.67. The Labute approximate surface area is 121 Å². The fourth-order valence-corrected chi connectivity index (χ4v) is 3.19. The summed E-state index contributed by atoms with van der Waals surface area (Å²) in [4.78, 5) is 13.8. The molecular weight excluding hydrogens is 250 g/mol. The van der Waals surface area contributed by atoms with Gasteiger partial charge in [-0.3, -0.25) is 9.69 Å². The number of carboxylic acids is 1. The van der Waals surface area contributed by atoms with E-state index in [0.29, 0.717) is 6.54 Å². The number of rotatable bonds is 3. The number of nitrogens with zero attached hydrogens (tertiary/aromatic N) is 1. The fourth-order valence-electron chi connectivity index (χ4n) is 3.19. The SMILES string of the molecule is Cc1ccc(C)c(C(C)N2CCCC(C)(C(=O)O)C2)c1. The highest BCUT2D eigenvalue weighted by Gasteiger charge is 2.39. The summed E-state index contributed by atoms with van der Waals surface area (Å²) < 4.78 is 0. The number of aliphatic carboxylic acids is 1. The zero-order chi connectivity index (χ0) is 14.9. The number of piperidine rings is 1. The third-order valence-corrected chi connectivity index (χ3v) is 4.67. The van der Waals surface area contributed by atoms with Gasteiger partial charge in [0, 0.05) is 12.6 Å². The van der Waals surface area contributed by atoms with Crippen LogP contribution in [-0.2, 0) is 4.79 Å². The van der Waals surface area contributed by atoms with Gasteiger partial charge in [0.25, 0.3) is 0 Å². The molecule has 3 heteroatoms. The van der Waals surface area contributed by atoms with Crippen LogP contribution in [0.4, 0.5) is 0 Å². The Morgan fingerprint density at radius 3 is 2.75 bits per heavy atom. The van der Waals surface area contributed by atoms with Crippen LogP contribution in [0.1, 0.15) is 49.4 Å². The molecule has 0 spiro atoms. The summed E-state index contributed by atoms with van der Waals surface area (Å²) in [5.41, 5.74) is 3.25. The predicted octanol–water partition coefficient (Wildman–Crippen LogP) is 3.55. The number of benzene rings is 1. The van der Waals surface area contributed by atoms with E-state index in [-0.39, 0.29) is 6.04 Å². The maximum Gasteiger partial charge on any atom is 0.310 e. The van der Waals surface area contributed by atoms with Crippen molar-refractivity contribution in [1.82, 2.24) is 4.90 Å². The average Bonchev–Trinajstić information content (AvgIpc) is 2.40. The molecule has 0 aromatic heterocycles. The van der Waals surface area contributed by atoms with Gasteiger partial charge < -0.3 is 5.11 Å². The van der Waals surface area contributed by atoms with Gasteiger partial charge in [0.15, 0.2) is 0 Å². The van der Waals surface area contributed by atoms with Crippen molar-refractivity contribution in [3.05, 3.63) is 34.9 Å². The average molecular weight is 275 g/mol. The molecule has 1 aromatic rings. The van der Waals surface area contributed by atoms with E-state index in [1.165, 1.54) is 16.7 Å². The highest BCUT2D eigenvalue weighted by molar-refractivity contribution is 5.74. The second kappa shape index (κ2) is 5.57. The predicted molar refractivity (Wildman–Crippen MR) is 80.9 cm³/mol. The van der Waals surface area contributed by atoms with Crippen molar-refractivity contribution in [1.29, 1.82) is 0 Å². The number of hydrogen-bond acceptors (Lipinski definition) is 2. The van der Waals surface area contributed by atoms with Crippen LogP contribution in [0, 0.1) is 19.3 Å². The first-order chi connectivity index (χ1) is 9.33. The van der Waals surface area contributed by atoms with Gasteiger partial charge in [-0.05, 0) is 58.2 Å². The largest absolute Gasteiger partial charge is 0.481 e. The van der Waals surface area contributed by atoms with E-state index in [0.717, 1.165) is 19.4 Å². The summed E-state index contributed by atoms with van der Waals surface area (Å²) >= 11 is 0. The Morgan fingerprint density at radius 2 is 2.10 bits per heavy atom. The van der Waals surface area contributed by atoms with Crippen molar-refractivity contribution in [3.8, 4) is 0 Å².